The molecule has 16 heavy (non-hydrogen) atoms. The van der Waals surface area contributed by atoms with Crippen LogP contribution in [0.1, 0.15) is 6.42 Å². The van der Waals surface area contributed by atoms with Gasteiger partial charge in [0.25, 0.3) is 0 Å². The number of nitrogens with two attached hydrogens (primary N) is 2. The van der Waals surface area contributed by atoms with Crippen LogP contribution in [-0.2, 0) is 0 Å². The molecule has 0 aromatic heterocycles. The molecule has 0 unspecified atom stereocenters. The highest BCUT2D eigenvalue weighted by Gasteiger charge is 2.05. The number of hydrogen-bond acceptors (Lipinski definition) is 4. The molecule has 0 aliphatic carbocycles. The number of rotatable bonds is 5. The zero-order valence-corrected chi connectivity index (χ0v) is 10.4. The summed E-state index contributed by atoms with van der Waals surface area (Å²) in [6, 6.07) is 3.27. The van der Waals surface area contributed by atoms with Crippen LogP contribution in [-0.4, -0.2) is 32.1 Å². The fourth-order valence-electron chi connectivity index (χ4n) is 1.26. The Bertz CT molecular complexity index is 355. The highest BCUT2D eigenvalue weighted by Crippen LogP contribution is 2.31. The molecular formula is C11H18ClN3O. The Hall–Kier alpha value is -1.13. The summed E-state index contributed by atoms with van der Waals surface area (Å²) in [6.45, 7) is 1.59. The van der Waals surface area contributed by atoms with E-state index in [1.807, 2.05) is 14.1 Å². The van der Waals surface area contributed by atoms with Crippen molar-refractivity contribution in [3.8, 4) is 5.75 Å². The molecule has 4 nitrogen and oxygen atoms in total. The van der Waals surface area contributed by atoms with Crippen molar-refractivity contribution in [1.82, 2.24) is 4.90 Å². The first-order valence-corrected chi connectivity index (χ1v) is 5.50. The van der Waals surface area contributed by atoms with Crippen molar-refractivity contribution >= 4 is 23.0 Å². The topological polar surface area (TPSA) is 64.5 Å². The van der Waals surface area contributed by atoms with Gasteiger partial charge >= 0.3 is 0 Å². The largest absolute Gasteiger partial charge is 0.492 e. The Morgan fingerprint density at radius 2 is 1.88 bits per heavy atom. The summed E-state index contributed by atoms with van der Waals surface area (Å²) < 4.78 is 5.53. The summed E-state index contributed by atoms with van der Waals surface area (Å²) in [5.74, 6) is 0.590. The fraction of sp³-hybridized carbons (Fsp3) is 0.455. The van der Waals surface area contributed by atoms with E-state index in [0.29, 0.717) is 28.8 Å². The molecule has 0 heterocycles. The van der Waals surface area contributed by atoms with Crippen molar-refractivity contribution in [2.45, 2.75) is 6.42 Å². The zero-order chi connectivity index (χ0) is 12.1. The van der Waals surface area contributed by atoms with Crippen molar-refractivity contribution in [2.24, 2.45) is 0 Å². The molecule has 1 aromatic carbocycles. The Kier molecular flexibility index (Phi) is 4.71. The van der Waals surface area contributed by atoms with E-state index in [-0.39, 0.29) is 0 Å². The van der Waals surface area contributed by atoms with Gasteiger partial charge in [0.1, 0.15) is 5.75 Å². The predicted molar refractivity (Wildman–Crippen MR) is 68.9 cm³/mol. The smallest absolute Gasteiger partial charge is 0.140 e. The normalized spacial score (nSPS) is 10.8. The molecular weight excluding hydrogens is 226 g/mol. The van der Waals surface area contributed by atoms with E-state index >= 15 is 0 Å². The first-order valence-electron chi connectivity index (χ1n) is 5.12. The second-order valence-electron chi connectivity index (χ2n) is 3.92. The van der Waals surface area contributed by atoms with Crippen molar-refractivity contribution in [3.05, 3.63) is 17.2 Å². The number of nitrogen functional groups attached to an aromatic ring is 2. The van der Waals surface area contributed by atoms with Gasteiger partial charge in [-0.15, -0.1) is 0 Å². The number of nitrogens with zero attached hydrogens (tertiary/aromatic N) is 1. The van der Waals surface area contributed by atoms with Gasteiger partial charge < -0.3 is 21.1 Å². The highest BCUT2D eigenvalue weighted by atomic mass is 35.5. The van der Waals surface area contributed by atoms with Crippen LogP contribution in [0.15, 0.2) is 12.1 Å². The van der Waals surface area contributed by atoms with E-state index in [2.05, 4.69) is 4.90 Å². The maximum atomic E-state index is 5.97. The summed E-state index contributed by atoms with van der Waals surface area (Å²) in [4.78, 5) is 2.10. The van der Waals surface area contributed by atoms with Crippen LogP contribution >= 0.6 is 11.6 Å². The monoisotopic (exact) mass is 243 g/mol. The fourth-order valence-corrected chi connectivity index (χ4v) is 1.48. The van der Waals surface area contributed by atoms with Gasteiger partial charge in [0.05, 0.1) is 23.0 Å². The third-order valence-corrected chi connectivity index (χ3v) is 2.44. The molecule has 90 valence electrons. The molecule has 5 heteroatoms. The van der Waals surface area contributed by atoms with Crippen molar-refractivity contribution in [3.63, 3.8) is 0 Å². The van der Waals surface area contributed by atoms with Gasteiger partial charge in [-0.1, -0.05) is 11.6 Å². The molecule has 0 amide bonds. The van der Waals surface area contributed by atoms with E-state index in [9.17, 15) is 0 Å². The molecule has 0 aliphatic rings. The first kappa shape index (κ1) is 12.9. The van der Waals surface area contributed by atoms with Gasteiger partial charge in [-0.3, -0.25) is 0 Å². The molecule has 0 radical (unpaired) electrons. The minimum absolute atomic E-state index is 0.477. The quantitative estimate of drug-likeness (QED) is 0.612. The van der Waals surface area contributed by atoms with E-state index in [0.717, 1.165) is 13.0 Å². The number of halogens is 1. The van der Waals surface area contributed by atoms with Crippen LogP contribution < -0.4 is 16.2 Å². The standard InChI is InChI=1S/C11H18ClN3O/c1-15(2)4-3-5-16-11-7-10(14)9(13)6-8(11)12/h6-7H,3-5,13-14H2,1-2H3. The van der Waals surface area contributed by atoms with Gasteiger partial charge in [0, 0.05) is 12.6 Å². The lowest BCUT2D eigenvalue weighted by molar-refractivity contribution is 0.282. The molecule has 0 fully saturated rings. The van der Waals surface area contributed by atoms with Crippen molar-refractivity contribution in [1.29, 1.82) is 0 Å². The third kappa shape index (κ3) is 3.79. The van der Waals surface area contributed by atoms with Gasteiger partial charge in [0.2, 0.25) is 0 Å². The van der Waals surface area contributed by atoms with E-state index < -0.39 is 0 Å². The molecule has 0 saturated carbocycles. The van der Waals surface area contributed by atoms with Crippen LogP contribution in [0.3, 0.4) is 0 Å². The Morgan fingerprint density at radius 3 is 2.50 bits per heavy atom. The van der Waals surface area contributed by atoms with Crippen LogP contribution in [0, 0.1) is 0 Å². The summed E-state index contributed by atoms with van der Waals surface area (Å²) in [5, 5.41) is 0.497. The van der Waals surface area contributed by atoms with Crippen LogP contribution in [0.5, 0.6) is 5.75 Å². The van der Waals surface area contributed by atoms with E-state index in [1.54, 1.807) is 12.1 Å². The third-order valence-electron chi connectivity index (χ3n) is 2.14. The summed E-state index contributed by atoms with van der Waals surface area (Å²) in [5.41, 5.74) is 12.3. The molecule has 0 saturated heterocycles. The van der Waals surface area contributed by atoms with E-state index in [1.165, 1.54) is 0 Å². The molecule has 0 bridgehead atoms. The predicted octanol–water partition coefficient (Wildman–Crippen LogP) is 1.83. The Labute approximate surface area is 101 Å². The van der Waals surface area contributed by atoms with Crippen LogP contribution in [0.25, 0.3) is 0 Å². The maximum absolute atomic E-state index is 5.97. The molecule has 0 aliphatic heterocycles. The van der Waals surface area contributed by atoms with Crippen molar-refractivity contribution < 1.29 is 4.74 Å². The van der Waals surface area contributed by atoms with Crippen LogP contribution in [0.4, 0.5) is 11.4 Å². The SMILES string of the molecule is CN(C)CCCOc1cc(N)c(N)cc1Cl. The lowest BCUT2D eigenvalue weighted by Crippen LogP contribution is -2.15. The minimum atomic E-state index is 0.477. The minimum Gasteiger partial charge on any atom is -0.492 e. The van der Waals surface area contributed by atoms with Gasteiger partial charge in [-0.2, -0.15) is 0 Å². The van der Waals surface area contributed by atoms with Crippen LogP contribution in [0.2, 0.25) is 5.02 Å². The molecule has 1 rings (SSSR count). The lowest BCUT2D eigenvalue weighted by Gasteiger charge is -2.12. The zero-order valence-electron chi connectivity index (χ0n) is 9.66. The molecule has 0 spiro atoms. The average Bonchev–Trinajstić information content (AvgIpc) is 2.19. The summed E-state index contributed by atoms with van der Waals surface area (Å²) in [6.07, 6.45) is 0.938. The average molecular weight is 244 g/mol. The maximum Gasteiger partial charge on any atom is 0.140 e. The number of benzene rings is 1. The van der Waals surface area contributed by atoms with Gasteiger partial charge in [-0.05, 0) is 26.6 Å². The first-order chi connectivity index (χ1) is 7.50. The number of anilines is 2. The number of ether oxygens (including phenoxy) is 1. The number of hydrogen-bond donors (Lipinski definition) is 2. The summed E-state index contributed by atoms with van der Waals surface area (Å²) in [7, 11) is 4.04. The van der Waals surface area contributed by atoms with Crippen molar-refractivity contribution in [2.75, 3.05) is 38.7 Å². The molecule has 1 aromatic rings. The second-order valence-corrected chi connectivity index (χ2v) is 4.32. The van der Waals surface area contributed by atoms with Gasteiger partial charge in [0.15, 0.2) is 0 Å². The lowest BCUT2D eigenvalue weighted by atomic mass is 10.2. The van der Waals surface area contributed by atoms with Gasteiger partial charge in [-0.25, -0.2) is 0 Å². The molecule has 4 N–H and O–H groups in total. The second kappa shape index (κ2) is 5.82. The Morgan fingerprint density at radius 1 is 1.25 bits per heavy atom. The highest BCUT2D eigenvalue weighted by molar-refractivity contribution is 6.32. The summed E-state index contributed by atoms with van der Waals surface area (Å²) >= 11 is 5.97. The Balaban J connectivity index is 2.51. The van der Waals surface area contributed by atoms with E-state index in [4.69, 9.17) is 27.8 Å². The molecule has 0 atom stereocenters.